The third kappa shape index (κ3) is 3.75. The van der Waals surface area contributed by atoms with Crippen molar-refractivity contribution in [1.29, 1.82) is 0 Å². The average Bonchev–Trinajstić information content (AvgIpc) is 2.33. The first-order valence-electron chi connectivity index (χ1n) is 8.45. The molecular formula is C17H35N3. The zero-order valence-corrected chi connectivity index (χ0v) is 14.3. The van der Waals surface area contributed by atoms with E-state index in [-0.39, 0.29) is 0 Å². The van der Waals surface area contributed by atoms with Gasteiger partial charge >= 0.3 is 0 Å². The Hall–Kier alpha value is -0.120. The average molecular weight is 281 g/mol. The van der Waals surface area contributed by atoms with E-state index in [0.717, 1.165) is 5.92 Å². The molecule has 0 spiro atoms. The van der Waals surface area contributed by atoms with Gasteiger partial charge in [-0.1, -0.05) is 19.8 Å². The second-order valence-corrected chi connectivity index (χ2v) is 8.18. The van der Waals surface area contributed by atoms with Crippen LogP contribution in [0.2, 0.25) is 0 Å². The van der Waals surface area contributed by atoms with Crippen molar-refractivity contribution in [3.63, 3.8) is 0 Å². The van der Waals surface area contributed by atoms with Gasteiger partial charge in [-0.3, -0.25) is 9.80 Å². The number of rotatable bonds is 4. The van der Waals surface area contributed by atoms with Gasteiger partial charge in [0.15, 0.2) is 0 Å². The van der Waals surface area contributed by atoms with Crippen LogP contribution in [0.5, 0.6) is 0 Å². The summed E-state index contributed by atoms with van der Waals surface area (Å²) in [5.41, 5.74) is 0.831. The van der Waals surface area contributed by atoms with Gasteiger partial charge in [0.25, 0.3) is 0 Å². The maximum Gasteiger partial charge on any atom is 0.0277 e. The number of likely N-dealkylation sites (N-methyl/N-ethyl adjacent to an activating group) is 1. The van der Waals surface area contributed by atoms with E-state index in [2.05, 4.69) is 50.0 Å². The Morgan fingerprint density at radius 1 is 1.25 bits per heavy atom. The Labute approximate surface area is 126 Å². The summed E-state index contributed by atoms with van der Waals surface area (Å²) in [5.74, 6) is 0.901. The van der Waals surface area contributed by atoms with Gasteiger partial charge in [-0.25, -0.2) is 0 Å². The molecule has 1 N–H and O–H groups in total. The minimum atomic E-state index is 0.319. The molecule has 0 aromatic heterocycles. The van der Waals surface area contributed by atoms with Crippen molar-refractivity contribution in [1.82, 2.24) is 15.1 Å². The second-order valence-electron chi connectivity index (χ2n) is 8.18. The molecule has 2 rings (SSSR count). The van der Waals surface area contributed by atoms with Gasteiger partial charge in [0.1, 0.15) is 0 Å². The highest BCUT2D eigenvalue weighted by Crippen LogP contribution is 2.40. The molecule has 3 heteroatoms. The number of hydrogen-bond donors (Lipinski definition) is 1. The van der Waals surface area contributed by atoms with Gasteiger partial charge in [-0.2, -0.15) is 0 Å². The Bertz CT molecular complexity index is 311. The van der Waals surface area contributed by atoms with E-state index in [1.165, 1.54) is 58.4 Å². The molecule has 2 aliphatic rings. The van der Waals surface area contributed by atoms with Crippen molar-refractivity contribution in [2.24, 2.45) is 11.3 Å². The summed E-state index contributed by atoms with van der Waals surface area (Å²) < 4.78 is 0. The molecule has 2 unspecified atom stereocenters. The molecule has 2 fully saturated rings. The molecule has 2 atom stereocenters. The Kier molecular flexibility index (Phi) is 5.14. The van der Waals surface area contributed by atoms with E-state index in [1.807, 2.05) is 0 Å². The summed E-state index contributed by atoms with van der Waals surface area (Å²) in [6.45, 7) is 13.3. The van der Waals surface area contributed by atoms with Crippen molar-refractivity contribution < 1.29 is 0 Å². The third-order valence-electron chi connectivity index (χ3n) is 5.69. The summed E-state index contributed by atoms with van der Waals surface area (Å²) >= 11 is 0. The lowest BCUT2D eigenvalue weighted by Gasteiger charge is -2.50. The molecule has 1 saturated carbocycles. The van der Waals surface area contributed by atoms with Crippen molar-refractivity contribution >= 4 is 0 Å². The predicted octanol–water partition coefficient (Wildman–Crippen LogP) is 2.43. The fraction of sp³-hybridized carbons (Fsp3) is 1.00. The van der Waals surface area contributed by atoms with Crippen LogP contribution in [0.1, 0.15) is 46.5 Å². The monoisotopic (exact) mass is 281 g/mol. The van der Waals surface area contributed by atoms with Crippen molar-refractivity contribution in [3.8, 4) is 0 Å². The molecule has 0 radical (unpaired) electrons. The van der Waals surface area contributed by atoms with E-state index in [4.69, 9.17) is 0 Å². The van der Waals surface area contributed by atoms with Gasteiger partial charge in [0.2, 0.25) is 0 Å². The van der Waals surface area contributed by atoms with Crippen LogP contribution in [-0.4, -0.2) is 62.2 Å². The van der Waals surface area contributed by atoms with Crippen LogP contribution in [0.15, 0.2) is 0 Å². The molecule has 1 saturated heterocycles. The Balaban J connectivity index is 2.01. The number of piperazine rings is 1. The van der Waals surface area contributed by atoms with E-state index in [0.29, 0.717) is 11.0 Å². The van der Waals surface area contributed by atoms with Crippen LogP contribution < -0.4 is 5.32 Å². The van der Waals surface area contributed by atoms with Crippen molar-refractivity contribution in [3.05, 3.63) is 0 Å². The van der Waals surface area contributed by atoms with E-state index < -0.39 is 0 Å². The largest absolute Gasteiger partial charge is 0.319 e. The number of hydrogen-bond acceptors (Lipinski definition) is 3. The second kappa shape index (κ2) is 6.33. The lowest BCUT2D eigenvalue weighted by molar-refractivity contribution is 0.00159. The van der Waals surface area contributed by atoms with Crippen LogP contribution in [0.4, 0.5) is 0 Å². The SMILES string of the molecule is CNCC1(CN2CCN(C)C(C)(C)C2)CCCC(C)C1. The smallest absolute Gasteiger partial charge is 0.0277 e. The van der Waals surface area contributed by atoms with E-state index >= 15 is 0 Å². The molecular weight excluding hydrogens is 246 g/mol. The highest BCUT2D eigenvalue weighted by atomic mass is 15.3. The van der Waals surface area contributed by atoms with Gasteiger partial charge in [-0.05, 0) is 52.1 Å². The normalized spacial score (nSPS) is 36.1. The molecule has 118 valence electrons. The molecule has 0 aromatic rings. The van der Waals surface area contributed by atoms with Crippen LogP contribution in [0.3, 0.4) is 0 Å². The lowest BCUT2D eigenvalue weighted by Crippen LogP contribution is -2.60. The zero-order valence-electron chi connectivity index (χ0n) is 14.3. The first-order valence-corrected chi connectivity index (χ1v) is 8.45. The molecule has 0 bridgehead atoms. The van der Waals surface area contributed by atoms with Crippen LogP contribution in [-0.2, 0) is 0 Å². The van der Waals surface area contributed by atoms with Gasteiger partial charge in [0.05, 0.1) is 0 Å². The standard InChI is InChI=1S/C17H35N3/c1-15-7-6-8-17(11-15,12-18-4)14-20-10-9-19(5)16(2,3)13-20/h15,18H,6-14H2,1-5H3. The molecule has 1 aliphatic heterocycles. The van der Waals surface area contributed by atoms with Crippen molar-refractivity contribution in [2.75, 3.05) is 46.8 Å². The molecule has 0 aromatic carbocycles. The summed E-state index contributed by atoms with van der Waals surface area (Å²) in [5, 5.41) is 3.48. The lowest BCUT2D eigenvalue weighted by atomic mass is 9.69. The summed E-state index contributed by atoms with van der Waals surface area (Å²) in [7, 11) is 4.39. The minimum absolute atomic E-state index is 0.319. The van der Waals surface area contributed by atoms with Crippen molar-refractivity contribution in [2.45, 2.75) is 52.0 Å². The first-order chi connectivity index (χ1) is 9.37. The van der Waals surface area contributed by atoms with Gasteiger partial charge < -0.3 is 5.32 Å². The predicted molar refractivity (Wildman–Crippen MR) is 87.1 cm³/mol. The third-order valence-corrected chi connectivity index (χ3v) is 5.69. The van der Waals surface area contributed by atoms with E-state index in [9.17, 15) is 0 Å². The highest BCUT2D eigenvalue weighted by molar-refractivity contribution is 4.94. The fourth-order valence-corrected chi connectivity index (χ4v) is 4.45. The topological polar surface area (TPSA) is 18.5 Å². The first kappa shape index (κ1) is 16.3. The number of nitrogens with zero attached hydrogens (tertiary/aromatic N) is 2. The van der Waals surface area contributed by atoms with Crippen LogP contribution in [0.25, 0.3) is 0 Å². The Morgan fingerprint density at radius 3 is 2.60 bits per heavy atom. The minimum Gasteiger partial charge on any atom is -0.319 e. The van der Waals surface area contributed by atoms with Crippen LogP contribution >= 0.6 is 0 Å². The zero-order chi connectivity index (χ0) is 14.8. The van der Waals surface area contributed by atoms with Gasteiger partial charge in [0, 0.05) is 38.3 Å². The quantitative estimate of drug-likeness (QED) is 0.854. The molecule has 3 nitrogen and oxygen atoms in total. The maximum absolute atomic E-state index is 3.48. The summed E-state index contributed by atoms with van der Waals surface area (Å²) in [4.78, 5) is 5.24. The van der Waals surface area contributed by atoms with Crippen LogP contribution in [0, 0.1) is 11.3 Å². The fourth-order valence-electron chi connectivity index (χ4n) is 4.45. The summed E-state index contributed by atoms with van der Waals surface area (Å²) in [6.07, 6.45) is 5.66. The maximum atomic E-state index is 3.48. The highest BCUT2D eigenvalue weighted by Gasteiger charge is 2.39. The molecule has 20 heavy (non-hydrogen) atoms. The van der Waals surface area contributed by atoms with E-state index in [1.54, 1.807) is 0 Å². The van der Waals surface area contributed by atoms with Gasteiger partial charge in [-0.15, -0.1) is 0 Å². The number of nitrogens with one attached hydrogen (secondary N) is 1. The molecule has 0 amide bonds. The Morgan fingerprint density at radius 2 is 2.00 bits per heavy atom. The summed E-state index contributed by atoms with van der Waals surface area (Å²) in [6, 6.07) is 0. The molecule has 1 aliphatic carbocycles. The molecule has 1 heterocycles.